The maximum atomic E-state index is 12.7. The van der Waals surface area contributed by atoms with Gasteiger partial charge >= 0.3 is 0 Å². The van der Waals surface area contributed by atoms with E-state index in [-0.39, 0.29) is 10.8 Å². The molecule has 1 aromatic carbocycles. The Labute approximate surface area is 169 Å². The van der Waals surface area contributed by atoms with Gasteiger partial charge in [0.1, 0.15) is 5.69 Å². The minimum Gasteiger partial charge on any atom is -0.336 e. The summed E-state index contributed by atoms with van der Waals surface area (Å²) in [7, 11) is -3.72. The van der Waals surface area contributed by atoms with Crippen molar-refractivity contribution in [3.8, 4) is 0 Å². The number of carbonyl (C=O) groups excluding carboxylic acids is 1. The van der Waals surface area contributed by atoms with E-state index in [0.29, 0.717) is 23.1 Å². The lowest BCUT2D eigenvalue weighted by Gasteiger charge is -2.10. The number of sulfonamides is 1. The highest BCUT2D eigenvalue weighted by Crippen LogP contribution is 2.26. The number of nitrogens with zero attached hydrogens (tertiary/aromatic N) is 2. The third kappa shape index (κ3) is 3.53. The van der Waals surface area contributed by atoms with Gasteiger partial charge in [-0.15, -0.1) is 22.7 Å². The molecular weight excluding hydrogens is 416 g/mol. The van der Waals surface area contributed by atoms with Crippen LogP contribution in [0.1, 0.15) is 17.4 Å². The Morgan fingerprint density at radius 1 is 1.14 bits per heavy atom. The highest BCUT2D eigenvalue weighted by Gasteiger charge is 2.18. The Balaban J connectivity index is 1.52. The summed E-state index contributed by atoms with van der Waals surface area (Å²) in [6.07, 6.45) is 1.53. The Bertz CT molecular complexity index is 1220. The minimum atomic E-state index is -3.72. The van der Waals surface area contributed by atoms with Crippen LogP contribution in [0, 0.1) is 0 Å². The first kappa shape index (κ1) is 18.7. The predicted molar refractivity (Wildman–Crippen MR) is 113 cm³/mol. The molecule has 3 aromatic heterocycles. The van der Waals surface area contributed by atoms with Crippen LogP contribution < -0.4 is 10.0 Å². The molecule has 0 spiro atoms. The zero-order valence-corrected chi connectivity index (χ0v) is 17.2. The molecule has 3 heterocycles. The summed E-state index contributed by atoms with van der Waals surface area (Å²) in [5.41, 5.74) is 2.13. The van der Waals surface area contributed by atoms with Crippen LogP contribution in [0.3, 0.4) is 0 Å². The summed E-state index contributed by atoms with van der Waals surface area (Å²) in [6.45, 7) is 2.67. The van der Waals surface area contributed by atoms with Gasteiger partial charge in [-0.3, -0.25) is 9.52 Å². The Kier molecular flexibility index (Phi) is 4.92. The molecule has 0 atom stereocenters. The van der Waals surface area contributed by atoms with Crippen molar-refractivity contribution in [2.24, 2.45) is 0 Å². The van der Waals surface area contributed by atoms with E-state index < -0.39 is 10.0 Å². The van der Waals surface area contributed by atoms with Crippen molar-refractivity contribution in [1.82, 2.24) is 9.55 Å². The first-order chi connectivity index (χ1) is 13.5. The lowest BCUT2D eigenvalue weighted by atomic mass is 10.3. The van der Waals surface area contributed by atoms with Crippen molar-refractivity contribution in [3.05, 3.63) is 59.0 Å². The molecule has 28 heavy (non-hydrogen) atoms. The largest absolute Gasteiger partial charge is 0.336 e. The number of hydrogen-bond acceptors (Lipinski definition) is 6. The SMILES string of the molecule is CCn1c(C(=O)Nc2ccc(S(=O)(=O)Nc3nccs3)cc2)cc2sccc21. The maximum Gasteiger partial charge on any atom is 0.272 e. The average molecular weight is 433 g/mol. The molecule has 0 unspecified atom stereocenters. The topological polar surface area (TPSA) is 93.1 Å². The van der Waals surface area contributed by atoms with E-state index in [1.54, 1.807) is 28.8 Å². The monoisotopic (exact) mass is 432 g/mol. The Hall–Kier alpha value is -2.69. The molecule has 0 aliphatic carbocycles. The predicted octanol–water partition coefficient (Wildman–Crippen LogP) is 4.23. The van der Waals surface area contributed by atoms with Gasteiger partial charge in [0.2, 0.25) is 0 Å². The van der Waals surface area contributed by atoms with Crippen LogP contribution >= 0.6 is 22.7 Å². The number of thiophene rings is 1. The summed E-state index contributed by atoms with van der Waals surface area (Å²) in [4.78, 5) is 16.7. The van der Waals surface area contributed by atoms with Crippen molar-refractivity contribution in [1.29, 1.82) is 0 Å². The van der Waals surface area contributed by atoms with Gasteiger partial charge in [-0.2, -0.15) is 0 Å². The van der Waals surface area contributed by atoms with Gasteiger partial charge in [0, 0.05) is 23.8 Å². The van der Waals surface area contributed by atoms with Crippen LogP contribution in [-0.2, 0) is 16.6 Å². The smallest absolute Gasteiger partial charge is 0.272 e. The number of fused-ring (bicyclic) bond motifs is 1. The number of nitrogens with one attached hydrogen (secondary N) is 2. The number of thiazole rings is 1. The fourth-order valence-corrected chi connectivity index (χ4v) is 5.48. The van der Waals surface area contributed by atoms with Crippen LogP contribution in [0.25, 0.3) is 10.2 Å². The van der Waals surface area contributed by atoms with Crippen LogP contribution in [0.5, 0.6) is 0 Å². The van der Waals surface area contributed by atoms with Gasteiger partial charge in [-0.1, -0.05) is 0 Å². The molecule has 4 rings (SSSR count). The summed E-state index contributed by atoms with van der Waals surface area (Å²) < 4.78 is 30.2. The van der Waals surface area contributed by atoms with Crippen LogP contribution in [-0.4, -0.2) is 23.9 Å². The van der Waals surface area contributed by atoms with Crippen LogP contribution in [0.2, 0.25) is 0 Å². The molecular formula is C18H16N4O3S3. The Morgan fingerprint density at radius 3 is 2.61 bits per heavy atom. The normalized spacial score (nSPS) is 11.6. The van der Waals surface area contributed by atoms with E-state index in [4.69, 9.17) is 0 Å². The molecule has 0 fully saturated rings. The zero-order chi connectivity index (χ0) is 19.7. The molecule has 0 aliphatic rings. The summed E-state index contributed by atoms with van der Waals surface area (Å²) >= 11 is 2.79. The van der Waals surface area contributed by atoms with E-state index in [2.05, 4.69) is 15.0 Å². The third-order valence-electron chi connectivity index (χ3n) is 4.15. The first-order valence-corrected chi connectivity index (χ1v) is 11.6. The van der Waals surface area contributed by atoms with E-state index in [0.717, 1.165) is 10.2 Å². The quantitative estimate of drug-likeness (QED) is 0.477. The van der Waals surface area contributed by atoms with E-state index in [1.165, 1.54) is 29.7 Å². The molecule has 0 saturated heterocycles. The highest BCUT2D eigenvalue weighted by atomic mass is 32.2. The summed E-state index contributed by atoms with van der Waals surface area (Å²) in [5, 5.41) is 6.82. The number of anilines is 2. The number of carbonyl (C=O) groups is 1. The molecule has 0 aliphatic heterocycles. The molecule has 2 N–H and O–H groups in total. The molecule has 144 valence electrons. The summed E-state index contributed by atoms with van der Waals surface area (Å²) in [6, 6.07) is 9.89. The minimum absolute atomic E-state index is 0.0955. The third-order valence-corrected chi connectivity index (χ3v) is 7.17. The van der Waals surface area contributed by atoms with Crippen LogP contribution in [0.4, 0.5) is 10.8 Å². The van der Waals surface area contributed by atoms with Crippen molar-refractivity contribution in [3.63, 3.8) is 0 Å². The lowest BCUT2D eigenvalue weighted by Crippen LogP contribution is -2.17. The lowest BCUT2D eigenvalue weighted by molar-refractivity contribution is 0.101. The fourth-order valence-electron chi connectivity index (χ4n) is 2.87. The van der Waals surface area contributed by atoms with Crippen molar-refractivity contribution in [2.45, 2.75) is 18.4 Å². The number of amides is 1. The van der Waals surface area contributed by atoms with Crippen molar-refractivity contribution >= 4 is 59.6 Å². The Morgan fingerprint density at radius 2 is 1.93 bits per heavy atom. The van der Waals surface area contributed by atoms with E-state index >= 15 is 0 Å². The number of aryl methyl sites for hydroxylation is 1. The van der Waals surface area contributed by atoms with Gasteiger partial charge in [-0.05, 0) is 48.7 Å². The average Bonchev–Trinajstić information content (AvgIpc) is 3.38. The van der Waals surface area contributed by atoms with Crippen molar-refractivity contribution in [2.75, 3.05) is 10.0 Å². The standard InChI is InChI=1S/C18H16N4O3S3/c1-2-22-14-7-9-26-16(14)11-15(22)17(23)20-12-3-5-13(6-4-12)28(24,25)21-18-19-8-10-27-18/h3-11H,2H2,1H3,(H,19,21)(H,20,23). The van der Waals surface area contributed by atoms with Gasteiger partial charge in [0.25, 0.3) is 15.9 Å². The van der Waals surface area contributed by atoms with Gasteiger partial charge in [0.15, 0.2) is 5.13 Å². The second kappa shape index (κ2) is 7.38. The molecule has 0 saturated carbocycles. The molecule has 10 heteroatoms. The van der Waals surface area contributed by atoms with E-state index in [1.807, 2.05) is 29.0 Å². The highest BCUT2D eigenvalue weighted by molar-refractivity contribution is 7.93. The molecule has 0 bridgehead atoms. The van der Waals surface area contributed by atoms with Gasteiger partial charge < -0.3 is 9.88 Å². The van der Waals surface area contributed by atoms with Crippen molar-refractivity contribution < 1.29 is 13.2 Å². The zero-order valence-electron chi connectivity index (χ0n) is 14.7. The number of benzene rings is 1. The first-order valence-electron chi connectivity index (χ1n) is 8.38. The van der Waals surface area contributed by atoms with Gasteiger partial charge in [-0.25, -0.2) is 13.4 Å². The molecule has 0 radical (unpaired) electrons. The second-order valence-corrected chi connectivity index (χ2v) is 9.39. The summed E-state index contributed by atoms with van der Waals surface area (Å²) in [5.74, 6) is -0.234. The van der Waals surface area contributed by atoms with Gasteiger partial charge in [0.05, 0.1) is 15.1 Å². The number of hydrogen-bond donors (Lipinski definition) is 2. The number of rotatable bonds is 6. The van der Waals surface area contributed by atoms with Crippen LogP contribution in [0.15, 0.2) is 58.3 Å². The molecule has 7 nitrogen and oxygen atoms in total. The fraction of sp³-hybridized carbons (Fsp3) is 0.111. The van der Waals surface area contributed by atoms with E-state index in [9.17, 15) is 13.2 Å². The maximum absolute atomic E-state index is 12.7. The molecule has 1 amide bonds. The second-order valence-electron chi connectivity index (χ2n) is 5.87. The number of aromatic nitrogens is 2. The molecule has 4 aromatic rings.